The number of carboxylic acids is 1. The Morgan fingerprint density at radius 3 is 2.73 bits per heavy atom. The Hall–Kier alpha value is -1.52. The number of methoxy groups -OCH3 is 1. The Morgan fingerprint density at radius 1 is 1.73 bits per heavy atom. The van der Waals surface area contributed by atoms with Crippen molar-refractivity contribution >= 4 is 5.97 Å². The fourth-order valence-corrected chi connectivity index (χ4v) is 0.733. The minimum Gasteiger partial charge on any atom is -0.478 e. The quantitative estimate of drug-likeness (QED) is 0.683. The molecule has 0 aliphatic heterocycles. The molecule has 0 amide bonds. The summed E-state index contributed by atoms with van der Waals surface area (Å²) in [6.07, 6.45) is 0. The molecule has 60 valence electrons. The molecule has 5 heteroatoms. The molecule has 0 bridgehead atoms. The maximum Gasteiger partial charge on any atom is 0.344 e. The number of carbonyl (C=O) groups is 1. The molecule has 0 spiro atoms. The Bertz CT molecular complexity index is 278. The van der Waals surface area contributed by atoms with Crippen LogP contribution in [-0.4, -0.2) is 23.3 Å². The molecule has 0 aromatic carbocycles. The van der Waals surface area contributed by atoms with Crippen LogP contribution in [0.2, 0.25) is 0 Å². The first-order valence-electron chi connectivity index (χ1n) is 2.90. The van der Waals surface area contributed by atoms with Crippen molar-refractivity contribution in [2.24, 2.45) is 0 Å². The van der Waals surface area contributed by atoms with Crippen LogP contribution in [0, 0.1) is 6.92 Å². The highest BCUT2D eigenvalue weighted by atomic mass is 16.5. The van der Waals surface area contributed by atoms with Crippen LogP contribution < -0.4 is 4.74 Å². The molecule has 1 heterocycles. The molecule has 1 N–H and O–H groups in total. The van der Waals surface area contributed by atoms with Gasteiger partial charge in [0.2, 0.25) is 0 Å². The van der Waals surface area contributed by atoms with Crippen molar-refractivity contribution in [3.63, 3.8) is 0 Å². The van der Waals surface area contributed by atoms with Crippen LogP contribution in [-0.2, 0) is 0 Å². The van der Waals surface area contributed by atoms with Crippen LogP contribution in [0.15, 0.2) is 4.52 Å². The lowest BCUT2D eigenvalue weighted by molar-refractivity contribution is 0.0692. The summed E-state index contributed by atoms with van der Waals surface area (Å²) in [4.78, 5) is 10.5. The minimum absolute atomic E-state index is 0.00926. The highest BCUT2D eigenvalue weighted by Crippen LogP contribution is 2.19. The van der Waals surface area contributed by atoms with E-state index in [1.54, 1.807) is 0 Å². The van der Waals surface area contributed by atoms with Crippen LogP contribution in [0.5, 0.6) is 5.88 Å². The van der Waals surface area contributed by atoms with Crippen LogP contribution in [0.4, 0.5) is 0 Å². The van der Waals surface area contributed by atoms with Crippen molar-refractivity contribution in [3.05, 3.63) is 11.3 Å². The second kappa shape index (κ2) is 2.61. The number of hydrogen-bond acceptors (Lipinski definition) is 4. The molecule has 0 saturated carbocycles. The number of aromatic nitrogens is 1. The van der Waals surface area contributed by atoms with Crippen LogP contribution in [0.3, 0.4) is 0 Å². The van der Waals surface area contributed by atoms with E-state index in [2.05, 4.69) is 14.4 Å². The summed E-state index contributed by atoms with van der Waals surface area (Å²) >= 11 is 0. The number of rotatable bonds is 2. The third-order valence-corrected chi connectivity index (χ3v) is 1.24. The van der Waals surface area contributed by atoms with Gasteiger partial charge in [-0.3, -0.25) is 0 Å². The van der Waals surface area contributed by atoms with Gasteiger partial charge in [-0.1, -0.05) is 0 Å². The summed E-state index contributed by atoms with van der Waals surface area (Å²) in [5.41, 5.74) is -0.0208. The topological polar surface area (TPSA) is 72.6 Å². The van der Waals surface area contributed by atoms with Crippen LogP contribution >= 0.6 is 0 Å². The van der Waals surface area contributed by atoms with E-state index >= 15 is 0 Å². The molecular formula is C6H7NO4. The number of nitrogens with zero attached hydrogens (tertiary/aromatic N) is 1. The third kappa shape index (κ3) is 1.17. The second-order valence-corrected chi connectivity index (χ2v) is 1.93. The predicted octanol–water partition coefficient (Wildman–Crippen LogP) is 0.690. The molecule has 0 aliphatic carbocycles. The van der Waals surface area contributed by atoms with Crippen LogP contribution in [0.25, 0.3) is 0 Å². The van der Waals surface area contributed by atoms with Crippen molar-refractivity contribution < 1.29 is 19.2 Å². The maximum atomic E-state index is 10.5. The highest BCUT2D eigenvalue weighted by molar-refractivity contribution is 5.91. The standard InChI is InChI=1S/C6H7NO4/c1-3-4(6(8)9)5(10-2)7-11-3/h1-2H3,(H,8,9). The van der Waals surface area contributed by atoms with E-state index in [0.717, 1.165) is 0 Å². The number of hydrogen-bond donors (Lipinski definition) is 1. The van der Waals surface area contributed by atoms with E-state index in [1.165, 1.54) is 14.0 Å². The molecule has 11 heavy (non-hydrogen) atoms. The van der Waals surface area contributed by atoms with Gasteiger partial charge in [0.15, 0.2) is 11.3 Å². The van der Waals surface area contributed by atoms with E-state index in [-0.39, 0.29) is 17.2 Å². The summed E-state index contributed by atoms with van der Waals surface area (Å²) in [7, 11) is 1.34. The van der Waals surface area contributed by atoms with Gasteiger partial charge in [0.05, 0.1) is 7.11 Å². The van der Waals surface area contributed by atoms with Crippen molar-refractivity contribution in [1.82, 2.24) is 5.16 Å². The Morgan fingerprint density at radius 2 is 2.36 bits per heavy atom. The van der Waals surface area contributed by atoms with Crippen molar-refractivity contribution in [3.8, 4) is 5.88 Å². The van der Waals surface area contributed by atoms with Crippen molar-refractivity contribution in [1.29, 1.82) is 0 Å². The second-order valence-electron chi connectivity index (χ2n) is 1.93. The zero-order chi connectivity index (χ0) is 8.43. The lowest BCUT2D eigenvalue weighted by Crippen LogP contribution is -1.99. The average Bonchev–Trinajstić information content (AvgIpc) is 2.30. The van der Waals surface area contributed by atoms with E-state index in [9.17, 15) is 4.79 Å². The van der Waals surface area contributed by atoms with Crippen molar-refractivity contribution in [2.75, 3.05) is 7.11 Å². The van der Waals surface area contributed by atoms with Gasteiger partial charge >= 0.3 is 5.97 Å². The van der Waals surface area contributed by atoms with Gasteiger partial charge in [-0.05, 0) is 12.1 Å². The molecule has 1 aromatic heterocycles. The Labute approximate surface area is 62.6 Å². The summed E-state index contributed by atoms with van der Waals surface area (Å²) in [5, 5.41) is 12.0. The fourth-order valence-electron chi connectivity index (χ4n) is 0.733. The van der Waals surface area contributed by atoms with Gasteiger partial charge in [0.25, 0.3) is 5.88 Å². The van der Waals surface area contributed by atoms with Crippen LogP contribution in [0.1, 0.15) is 16.1 Å². The molecule has 0 unspecified atom stereocenters. The van der Waals surface area contributed by atoms with Gasteiger partial charge in [-0.2, -0.15) is 0 Å². The molecule has 5 nitrogen and oxygen atoms in total. The van der Waals surface area contributed by atoms with Gasteiger partial charge in [0, 0.05) is 0 Å². The van der Waals surface area contributed by atoms with E-state index in [0.29, 0.717) is 0 Å². The largest absolute Gasteiger partial charge is 0.478 e. The van der Waals surface area contributed by atoms with Gasteiger partial charge in [-0.15, -0.1) is 0 Å². The molecule has 0 aliphatic rings. The Balaban J connectivity index is 3.17. The maximum absolute atomic E-state index is 10.5. The predicted molar refractivity (Wildman–Crippen MR) is 34.8 cm³/mol. The number of aromatic carboxylic acids is 1. The molecule has 0 radical (unpaired) electrons. The normalized spacial score (nSPS) is 9.64. The summed E-state index contributed by atoms with van der Waals surface area (Å²) in [5.74, 6) is -0.843. The molecule has 0 atom stereocenters. The summed E-state index contributed by atoms with van der Waals surface area (Å²) < 4.78 is 9.23. The molecule has 0 saturated heterocycles. The highest BCUT2D eigenvalue weighted by Gasteiger charge is 2.19. The zero-order valence-electron chi connectivity index (χ0n) is 6.12. The first-order chi connectivity index (χ1) is 5.16. The Kier molecular flexibility index (Phi) is 1.80. The SMILES string of the molecule is COc1noc(C)c1C(=O)O. The minimum atomic E-state index is -1.10. The van der Waals surface area contributed by atoms with Gasteiger partial charge < -0.3 is 14.4 Å². The third-order valence-electron chi connectivity index (χ3n) is 1.24. The lowest BCUT2D eigenvalue weighted by atomic mass is 10.3. The smallest absolute Gasteiger partial charge is 0.344 e. The number of carboxylic acid groups (broad SMARTS) is 1. The van der Waals surface area contributed by atoms with Gasteiger partial charge in [-0.25, -0.2) is 4.79 Å². The molecule has 0 fully saturated rings. The fraction of sp³-hybridized carbons (Fsp3) is 0.333. The van der Waals surface area contributed by atoms with E-state index in [4.69, 9.17) is 5.11 Å². The number of aryl methyl sites for hydroxylation is 1. The summed E-state index contributed by atoms with van der Waals surface area (Å²) in [6, 6.07) is 0. The number of ether oxygens (including phenoxy) is 1. The van der Waals surface area contributed by atoms with E-state index < -0.39 is 5.97 Å². The van der Waals surface area contributed by atoms with E-state index in [1.807, 2.05) is 0 Å². The molecule has 1 aromatic rings. The average molecular weight is 157 g/mol. The molecular weight excluding hydrogens is 150 g/mol. The zero-order valence-corrected chi connectivity index (χ0v) is 6.12. The van der Waals surface area contributed by atoms with Gasteiger partial charge in [0.1, 0.15) is 0 Å². The van der Waals surface area contributed by atoms with Crippen molar-refractivity contribution in [2.45, 2.75) is 6.92 Å². The molecule has 1 rings (SSSR count). The summed E-state index contributed by atoms with van der Waals surface area (Å²) in [6.45, 7) is 1.51. The monoisotopic (exact) mass is 157 g/mol. The first kappa shape index (κ1) is 7.59. The first-order valence-corrected chi connectivity index (χ1v) is 2.90. The lowest BCUT2D eigenvalue weighted by Gasteiger charge is -1.92.